The molecule has 0 saturated heterocycles. The molecular weight excluding hydrogens is 803 g/mol. The first-order valence-electron chi connectivity index (χ1n) is 24.5. The lowest BCUT2D eigenvalue weighted by Gasteiger charge is -2.41. The van der Waals surface area contributed by atoms with E-state index in [2.05, 4.69) is 26.0 Å². The van der Waals surface area contributed by atoms with Gasteiger partial charge in [0.1, 0.15) is 43.2 Å². The standard InChI is InChI=1S/C47H89O13P/c1-3-5-7-9-11-13-15-17-19-20-22-23-25-27-29-31-33-35-40(48)57-37-39(38-58-61(55,56)60-47-45(53)43(51)42(50)44(52)46(47)54)59-41(49)36-34-32-30-28-26-24-21-18-16-14-12-10-8-6-4-2/h14,16,39,42-47,50-54H,3-13,15,17-38H2,1-2H3,(H,55,56)/b16-14+/t39-,42?,43-,44?,45?,46?,47?/m0/s1. The highest BCUT2D eigenvalue weighted by Crippen LogP contribution is 2.47. The van der Waals surface area contributed by atoms with Crippen molar-refractivity contribution in [2.75, 3.05) is 13.2 Å². The molecule has 1 aliphatic rings. The smallest absolute Gasteiger partial charge is 0.462 e. The largest absolute Gasteiger partial charge is 0.472 e. The number of hydrogen-bond acceptors (Lipinski definition) is 12. The highest BCUT2D eigenvalue weighted by molar-refractivity contribution is 7.47. The summed E-state index contributed by atoms with van der Waals surface area (Å²) in [6, 6.07) is 0. The van der Waals surface area contributed by atoms with Crippen molar-refractivity contribution in [1.82, 2.24) is 0 Å². The highest BCUT2D eigenvalue weighted by Gasteiger charge is 2.51. The van der Waals surface area contributed by atoms with Crippen LogP contribution in [-0.4, -0.2) is 98.3 Å². The first-order valence-corrected chi connectivity index (χ1v) is 26.0. The van der Waals surface area contributed by atoms with E-state index in [0.717, 1.165) is 57.8 Å². The SMILES string of the molecule is CCCCCC/C=C/CCCCCCCCCC(=O)O[C@@H](COC(=O)CCCCCCCCCCCCCCCCCCC)COP(=O)(O)OC1C(O)C(O)C(O)[C@H](O)C1O. The maximum Gasteiger partial charge on any atom is 0.472 e. The number of allylic oxidation sites excluding steroid dienone is 2. The molecule has 6 N–H and O–H groups in total. The third kappa shape index (κ3) is 30.4. The van der Waals surface area contributed by atoms with Gasteiger partial charge in [-0.1, -0.05) is 180 Å². The summed E-state index contributed by atoms with van der Waals surface area (Å²) in [5.41, 5.74) is 0. The minimum Gasteiger partial charge on any atom is -0.462 e. The molecule has 0 aromatic rings. The van der Waals surface area contributed by atoms with Gasteiger partial charge in [-0.2, -0.15) is 0 Å². The molecule has 61 heavy (non-hydrogen) atoms. The van der Waals surface area contributed by atoms with Crippen LogP contribution in [0.4, 0.5) is 0 Å². The first-order chi connectivity index (χ1) is 29.4. The zero-order valence-corrected chi connectivity index (χ0v) is 39.1. The monoisotopic (exact) mass is 893 g/mol. The summed E-state index contributed by atoms with van der Waals surface area (Å²) in [5, 5.41) is 50.2. The van der Waals surface area contributed by atoms with Gasteiger partial charge in [-0.3, -0.25) is 18.6 Å². The predicted octanol–water partition coefficient (Wildman–Crippen LogP) is 9.84. The molecule has 1 aliphatic carbocycles. The van der Waals surface area contributed by atoms with Gasteiger partial charge >= 0.3 is 19.8 Å². The third-order valence-electron chi connectivity index (χ3n) is 11.6. The van der Waals surface area contributed by atoms with Crippen molar-refractivity contribution in [3.05, 3.63) is 12.2 Å². The minimum atomic E-state index is -5.11. The lowest BCUT2D eigenvalue weighted by Crippen LogP contribution is -2.64. The first kappa shape index (κ1) is 57.6. The predicted molar refractivity (Wildman–Crippen MR) is 240 cm³/mol. The molecule has 0 radical (unpaired) electrons. The van der Waals surface area contributed by atoms with E-state index in [9.17, 15) is 44.6 Å². The van der Waals surface area contributed by atoms with E-state index >= 15 is 0 Å². The van der Waals surface area contributed by atoms with Crippen LogP contribution in [-0.2, 0) is 32.7 Å². The third-order valence-corrected chi connectivity index (χ3v) is 12.6. The fourth-order valence-corrected chi connectivity index (χ4v) is 8.61. The van der Waals surface area contributed by atoms with Gasteiger partial charge < -0.3 is 39.9 Å². The number of unbranched alkanes of at least 4 members (excludes halogenated alkanes) is 27. The lowest BCUT2D eigenvalue weighted by atomic mass is 9.85. The molecule has 0 aliphatic heterocycles. The van der Waals surface area contributed by atoms with Crippen LogP contribution in [0.1, 0.15) is 219 Å². The Bertz CT molecular complexity index is 1120. The normalized spacial score (nSPS) is 22.0. The van der Waals surface area contributed by atoms with Crippen LogP contribution in [0.2, 0.25) is 0 Å². The van der Waals surface area contributed by atoms with E-state index in [1.165, 1.54) is 122 Å². The minimum absolute atomic E-state index is 0.0958. The topological polar surface area (TPSA) is 210 Å². The fraction of sp³-hybridized carbons (Fsp3) is 0.915. The molecule has 1 fully saturated rings. The van der Waals surface area contributed by atoms with Gasteiger partial charge in [0.05, 0.1) is 6.61 Å². The van der Waals surface area contributed by atoms with E-state index in [0.29, 0.717) is 12.8 Å². The summed E-state index contributed by atoms with van der Waals surface area (Å²) in [6.45, 7) is 3.31. The number of aliphatic hydroxyl groups excluding tert-OH is 5. The van der Waals surface area contributed by atoms with E-state index in [1.54, 1.807) is 0 Å². The number of hydrogen-bond donors (Lipinski definition) is 6. The Balaban J connectivity index is 2.42. The lowest BCUT2D eigenvalue weighted by molar-refractivity contribution is -0.220. The van der Waals surface area contributed by atoms with Crippen molar-refractivity contribution in [2.24, 2.45) is 0 Å². The van der Waals surface area contributed by atoms with Crippen LogP contribution in [0.15, 0.2) is 12.2 Å². The van der Waals surface area contributed by atoms with Gasteiger partial charge in [0.15, 0.2) is 6.10 Å². The average molecular weight is 893 g/mol. The van der Waals surface area contributed by atoms with Crippen LogP contribution in [0.3, 0.4) is 0 Å². The number of aliphatic hydroxyl groups is 5. The Morgan fingerprint density at radius 3 is 1.26 bits per heavy atom. The second-order valence-corrected chi connectivity index (χ2v) is 18.7. The second-order valence-electron chi connectivity index (χ2n) is 17.3. The van der Waals surface area contributed by atoms with Gasteiger partial charge in [0.25, 0.3) is 0 Å². The molecular formula is C47H89O13P. The van der Waals surface area contributed by atoms with E-state index < -0.39 is 75.7 Å². The van der Waals surface area contributed by atoms with Crippen LogP contribution >= 0.6 is 7.82 Å². The van der Waals surface area contributed by atoms with Gasteiger partial charge in [0.2, 0.25) is 0 Å². The fourth-order valence-electron chi connectivity index (χ4n) is 7.64. The highest BCUT2D eigenvalue weighted by atomic mass is 31.2. The number of carbonyl (C=O) groups excluding carboxylic acids is 2. The van der Waals surface area contributed by atoms with Crippen LogP contribution in [0, 0.1) is 0 Å². The number of phosphoric acid groups is 1. The molecule has 0 aromatic carbocycles. The molecule has 0 amide bonds. The Labute approximate surface area is 369 Å². The Morgan fingerprint density at radius 1 is 0.492 bits per heavy atom. The summed E-state index contributed by atoms with van der Waals surface area (Å²) >= 11 is 0. The van der Waals surface area contributed by atoms with Gasteiger partial charge in [-0.15, -0.1) is 0 Å². The zero-order chi connectivity index (χ0) is 45.0. The van der Waals surface area contributed by atoms with Crippen molar-refractivity contribution < 1.29 is 63.1 Å². The van der Waals surface area contributed by atoms with Crippen molar-refractivity contribution in [1.29, 1.82) is 0 Å². The van der Waals surface area contributed by atoms with E-state index in [4.69, 9.17) is 18.5 Å². The van der Waals surface area contributed by atoms with Crippen LogP contribution in [0.25, 0.3) is 0 Å². The molecule has 6 unspecified atom stereocenters. The van der Waals surface area contributed by atoms with Crippen molar-refractivity contribution in [3.8, 4) is 0 Å². The van der Waals surface area contributed by atoms with Crippen molar-refractivity contribution in [2.45, 2.75) is 262 Å². The second kappa shape index (κ2) is 37.9. The van der Waals surface area contributed by atoms with Crippen molar-refractivity contribution >= 4 is 19.8 Å². The molecule has 0 heterocycles. The molecule has 14 heteroatoms. The van der Waals surface area contributed by atoms with Crippen molar-refractivity contribution in [3.63, 3.8) is 0 Å². The Hall–Kier alpha value is -1.41. The average Bonchev–Trinajstić information content (AvgIpc) is 3.24. The summed E-state index contributed by atoms with van der Waals surface area (Å²) in [4.78, 5) is 35.7. The molecule has 1 rings (SSSR count). The Morgan fingerprint density at radius 2 is 0.836 bits per heavy atom. The number of rotatable bonds is 41. The summed E-state index contributed by atoms with van der Waals surface area (Å²) in [5.74, 6) is -1.09. The molecule has 1 saturated carbocycles. The number of ether oxygens (including phenoxy) is 2. The Kier molecular flexibility index (Phi) is 35.8. The maximum absolute atomic E-state index is 12.8. The molecule has 8 atom stereocenters. The number of phosphoric ester groups is 1. The molecule has 13 nitrogen and oxygen atoms in total. The van der Waals surface area contributed by atoms with Gasteiger partial charge in [0, 0.05) is 12.8 Å². The molecule has 0 aromatic heterocycles. The number of esters is 2. The van der Waals surface area contributed by atoms with Gasteiger partial charge in [-0.25, -0.2) is 4.57 Å². The summed E-state index contributed by atoms with van der Waals surface area (Å²) in [7, 11) is -5.11. The molecule has 0 spiro atoms. The van der Waals surface area contributed by atoms with E-state index in [1.807, 2.05) is 0 Å². The maximum atomic E-state index is 12.8. The van der Waals surface area contributed by atoms with E-state index in [-0.39, 0.29) is 12.8 Å². The zero-order valence-electron chi connectivity index (χ0n) is 38.2. The van der Waals surface area contributed by atoms with Gasteiger partial charge in [-0.05, 0) is 38.5 Å². The quantitative estimate of drug-likeness (QED) is 0.0146. The summed E-state index contributed by atoms with van der Waals surface area (Å²) < 4.78 is 33.6. The number of carbonyl (C=O) groups is 2. The van der Waals surface area contributed by atoms with Crippen LogP contribution < -0.4 is 0 Å². The molecule has 0 bridgehead atoms. The van der Waals surface area contributed by atoms with Crippen LogP contribution in [0.5, 0.6) is 0 Å². The molecule has 360 valence electrons. The summed E-state index contributed by atoms with van der Waals surface area (Å²) in [6.07, 6.45) is 26.9.